The van der Waals surface area contributed by atoms with Crippen LogP contribution in [0.3, 0.4) is 0 Å². The number of nitrogens with zero attached hydrogens (tertiary/aromatic N) is 2. The molecule has 0 unspecified atom stereocenters. The maximum absolute atomic E-state index is 11.0. The number of nitrogen functional groups attached to an aromatic ring is 1. The molecule has 18 heavy (non-hydrogen) atoms. The van der Waals surface area contributed by atoms with Gasteiger partial charge in [0.15, 0.2) is 0 Å². The van der Waals surface area contributed by atoms with Gasteiger partial charge in [-0.2, -0.15) is 0 Å². The number of hydrogen-bond acceptors (Lipinski definition) is 6. The number of nitrogens with one attached hydrogen (secondary N) is 1. The first kappa shape index (κ1) is 12.3. The Labute approximate surface area is 108 Å². The van der Waals surface area contributed by atoms with Crippen LogP contribution in [0.1, 0.15) is 20.4 Å². The van der Waals surface area contributed by atoms with Crippen LogP contribution in [0, 0.1) is 6.92 Å². The number of nitrogens with two attached hydrogens (primary N) is 2. The summed E-state index contributed by atoms with van der Waals surface area (Å²) in [5, 5.41) is 3.97. The SMILES string of the molecule is Cc1cnc(CNc2nc(C(N)=O)ccc2N)s1. The van der Waals surface area contributed by atoms with E-state index in [1.165, 1.54) is 6.07 Å². The molecule has 6 nitrogen and oxygen atoms in total. The third-order valence-corrected chi connectivity index (χ3v) is 3.17. The average Bonchev–Trinajstić information content (AvgIpc) is 2.74. The summed E-state index contributed by atoms with van der Waals surface area (Å²) in [7, 11) is 0. The van der Waals surface area contributed by atoms with Gasteiger partial charge in [-0.3, -0.25) is 4.79 Å². The minimum Gasteiger partial charge on any atom is -0.396 e. The lowest BCUT2D eigenvalue weighted by molar-refractivity contribution is 0.0996. The Kier molecular flexibility index (Phi) is 3.42. The van der Waals surface area contributed by atoms with Gasteiger partial charge in [0.25, 0.3) is 5.91 Å². The summed E-state index contributed by atoms with van der Waals surface area (Å²) < 4.78 is 0. The molecule has 0 bridgehead atoms. The molecular formula is C11H13N5OS. The molecule has 2 aromatic heterocycles. The van der Waals surface area contributed by atoms with Gasteiger partial charge in [-0.15, -0.1) is 11.3 Å². The fraction of sp³-hybridized carbons (Fsp3) is 0.182. The third-order valence-electron chi connectivity index (χ3n) is 2.26. The van der Waals surface area contributed by atoms with Gasteiger partial charge in [0, 0.05) is 11.1 Å². The topological polar surface area (TPSA) is 107 Å². The van der Waals surface area contributed by atoms with Crippen LogP contribution < -0.4 is 16.8 Å². The van der Waals surface area contributed by atoms with Crippen LogP contribution >= 0.6 is 11.3 Å². The van der Waals surface area contributed by atoms with Crippen molar-refractivity contribution in [2.75, 3.05) is 11.1 Å². The number of rotatable bonds is 4. The smallest absolute Gasteiger partial charge is 0.267 e. The van der Waals surface area contributed by atoms with Crippen LogP contribution in [0.5, 0.6) is 0 Å². The molecule has 94 valence electrons. The number of hydrogen-bond donors (Lipinski definition) is 3. The van der Waals surface area contributed by atoms with Gasteiger partial charge >= 0.3 is 0 Å². The lowest BCUT2D eigenvalue weighted by atomic mass is 10.3. The molecule has 0 radical (unpaired) electrons. The Morgan fingerprint density at radius 2 is 2.28 bits per heavy atom. The van der Waals surface area contributed by atoms with E-state index in [9.17, 15) is 4.79 Å². The maximum Gasteiger partial charge on any atom is 0.267 e. The van der Waals surface area contributed by atoms with E-state index >= 15 is 0 Å². The van der Waals surface area contributed by atoms with E-state index < -0.39 is 5.91 Å². The standard InChI is InChI=1S/C11H13N5OS/c1-6-4-14-9(18-6)5-15-11-7(12)2-3-8(16-11)10(13)17/h2-4H,5,12H2,1H3,(H2,13,17)(H,15,16). The minimum absolute atomic E-state index is 0.182. The highest BCUT2D eigenvalue weighted by atomic mass is 32.1. The van der Waals surface area contributed by atoms with Gasteiger partial charge in [0.2, 0.25) is 0 Å². The second kappa shape index (κ2) is 5.01. The first-order valence-electron chi connectivity index (χ1n) is 5.28. The Morgan fingerprint density at radius 1 is 1.50 bits per heavy atom. The molecule has 2 aromatic rings. The van der Waals surface area contributed by atoms with E-state index in [0.29, 0.717) is 18.1 Å². The molecule has 0 fully saturated rings. The number of thiazole rings is 1. The van der Waals surface area contributed by atoms with Crippen molar-refractivity contribution in [2.24, 2.45) is 5.73 Å². The van der Waals surface area contributed by atoms with Crippen molar-refractivity contribution in [3.8, 4) is 0 Å². The van der Waals surface area contributed by atoms with Crippen LogP contribution in [0.2, 0.25) is 0 Å². The fourth-order valence-electron chi connectivity index (χ4n) is 1.39. The minimum atomic E-state index is -0.580. The number of anilines is 2. The van der Waals surface area contributed by atoms with Crippen LogP contribution in [-0.4, -0.2) is 15.9 Å². The number of pyridine rings is 1. The van der Waals surface area contributed by atoms with E-state index in [2.05, 4.69) is 15.3 Å². The van der Waals surface area contributed by atoms with Crippen molar-refractivity contribution < 1.29 is 4.79 Å². The van der Waals surface area contributed by atoms with Gasteiger partial charge in [0.1, 0.15) is 16.5 Å². The Balaban J connectivity index is 2.13. The average molecular weight is 263 g/mol. The molecule has 0 aliphatic carbocycles. The molecule has 0 aromatic carbocycles. The van der Waals surface area contributed by atoms with Crippen molar-refractivity contribution in [3.05, 3.63) is 33.9 Å². The number of amides is 1. The van der Waals surface area contributed by atoms with Gasteiger partial charge < -0.3 is 16.8 Å². The largest absolute Gasteiger partial charge is 0.396 e. The molecule has 0 atom stereocenters. The number of carbonyl (C=O) groups excluding carboxylic acids is 1. The number of aryl methyl sites for hydroxylation is 1. The highest BCUT2D eigenvalue weighted by Gasteiger charge is 2.07. The predicted octanol–water partition coefficient (Wildman–Crippen LogP) is 1.14. The molecule has 7 heteroatoms. The molecule has 2 rings (SSSR count). The molecule has 0 aliphatic heterocycles. The molecule has 0 spiro atoms. The summed E-state index contributed by atoms with van der Waals surface area (Å²) in [6, 6.07) is 3.10. The molecule has 0 saturated heterocycles. The second-order valence-electron chi connectivity index (χ2n) is 3.72. The van der Waals surface area contributed by atoms with Crippen LogP contribution in [0.4, 0.5) is 11.5 Å². The molecule has 0 aliphatic rings. The molecule has 0 saturated carbocycles. The molecule has 5 N–H and O–H groups in total. The monoisotopic (exact) mass is 263 g/mol. The van der Waals surface area contributed by atoms with Crippen LogP contribution in [0.15, 0.2) is 18.3 Å². The van der Waals surface area contributed by atoms with Crippen molar-refractivity contribution in [3.63, 3.8) is 0 Å². The highest BCUT2D eigenvalue weighted by Crippen LogP contribution is 2.18. The highest BCUT2D eigenvalue weighted by molar-refractivity contribution is 7.11. The normalized spacial score (nSPS) is 10.3. The number of primary amides is 1. The van der Waals surface area contributed by atoms with Crippen LogP contribution in [0.25, 0.3) is 0 Å². The Morgan fingerprint density at radius 3 is 2.89 bits per heavy atom. The number of aromatic nitrogens is 2. The zero-order valence-electron chi connectivity index (χ0n) is 9.80. The summed E-state index contributed by atoms with van der Waals surface area (Å²) in [6.45, 7) is 2.50. The quantitative estimate of drug-likeness (QED) is 0.766. The van der Waals surface area contributed by atoms with Crippen LogP contribution in [-0.2, 0) is 6.54 Å². The Bertz CT molecular complexity index is 581. The van der Waals surface area contributed by atoms with Gasteiger partial charge in [0.05, 0.1) is 12.2 Å². The summed E-state index contributed by atoms with van der Waals surface area (Å²) in [5.74, 6) is -0.137. The predicted molar refractivity (Wildman–Crippen MR) is 71.3 cm³/mol. The number of carbonyl (C=O) groups is 1. The lowest BCUT2D eigenvalue weighted by Gasteiger charge is -2.07. The zero-order chi connectivity index (χ0) is 13.1. The van der Waals surface area contributed by atoms with E-state index in [1.807, 2.05) is 6.92 Å². The first-order valence-corrected chi connectivity index (χ1v) is 6.09. The van der Waals surface area contributed by atoms with Crippen molar-refractivity contribution in [1.29, 1.82) is 0 Å². The summed E-state index contributed by atoms with van der Waals surface area (Å²) in [6.07, 6.45) is 1.80. The summed E-state index contributed by atoms with van der Waals surface area (Å²) in [4.78, 5) is 20.4. The van der Waals surface area contributed by atoms with E-state index in [4.69, 9.17) is 11.5 Å². The lowest BCUT2D eigenvalue weighted by Crippen LogP contribution is -2.15. The first-order chi connectivity index (χ1) is 8.56. The van der Waals surface area contributed by atoms with Gasteiger partial charge in [-0.05, 0) is 19.1 Å². The van der Waals surface area contributed by atoms with Gasteiger partial charge in [-0.1, -0.05) is 0 Å². The van der Waals surface area contributed by atoms with E-state index in [-0.39, 0.29) is 5.69 Å². The molecular weight excluding hydrogens is 250 g/mol. The second-order valence-corrected chi connectivity index (χ2v) is 5.04. The van der Waals surface area contributed by atoms with E-state index in [1.54, 1.807) is 23.6 Å². The Hall–Kier alpha value is -2.15. The summed E-state index contributed by atoms with van der Waals surface area (Å²) >= 11 is 1.59. The third kappa shape index (κ3) is 2.75. The fourth-order valence-corrected chi connectivity index (χ4v) is 2.12. The van der Waals surface area contributed by atoms with Crippen molar-refractivity contribution in [2.45, 2.75) is 13.5 Å². The summed E-state index contributed by atoms with van der Waals surface area (Å²) in [5.41, 5.74) is 11.6. The van der Waals surface area contributed by atoms with Crippen molar-refractivity contribution in [1.82, 2.24) is 9.97 Å². The van der Waals surface area contributed by atoms with Crippen molar-refractivity contribution >= 4 is 28.7 Å². The molecule has 2 heterocycles. The van der Waals surface area contributed by atoms with Gasteiger partial charge in [-0.25, -0.2) is 9.97 Å². The zero-order valence-corrected chi connectivity index (χ0v) is 10.6. The maximum atomic E-state index is 11.0. The molecule has 1 amide bonds. The van der Waals surface area contributed by atoms with E-state index in [0.717, 1.165) is 9.88 Å².